The van der Waals surface area contributed by atoms with Gasteiger partial charge in [-0.2, -0.15) is 5.10 Å². The van der Waals surface area contributed by atoms with E-state index in [2.05, 4.69) is 15.3 Å². The number of hydrogen-bond donors (Lipinski definition) is 1. The number of hydrogen-bond acceptors (Lipinski definition) is 7. The van der Waals surface area contributed by atoms with Gasteiger partial charge in [0, 0.05) is 7.05 Å². The van der Waals surface area contributed by atoms with Gasteiger partial charge in [0.1, 0.15) is 10.8 Å². The molecule has 22 heavy (non-hydrogen) atoms. The molecule has 0 spiro atoms. The van der Waals surface area contributed by atoms with Crippen molar-refractivity contribution in [3.63, 3.8) is 0 Å². The van der Waals surface area contributed by atoms with Crippen LogP contribution in [0.5, 0.6) is 0 Å². The molecule has 2 N–H and O–H groups in total. The molecule has 114 valence electrons. The molecule has 0 fully saturated rings. The number of aryl methyl sites for hydroxylation is 2. The van der Waals surface area contributed by atoms with Crippen molar-refractivity contribution in [3.8, 4) is 11.4 Å². The molecule has 0 aliphatic rings. The third kappa shape index (κ3) is 2.38. The molecule has 0 aliphatic heterocycles. The van der Waals surface area contributed by atoms with Crippen LogP contribution in [0.4, 0.5) is 0 Å². The van der Waals surface area contributed by atoms with Crippen LogP contribution in [0.3, 0.4) is 0 Å². The Kier molecular flexibility index (Phi) is 3.67. The van der Waals surface area contributed by atoms with E-state index in [-0.39, 0.29) is 10.6 Å². The molecule has 8 nitrogen and oxygen atoms in total. The molecular formula is C12H11ClN6O2S. The minimum Gasteiger partial charge on any atom is -0.469 e. The van der Waals surface area contributed by atoms with Crippen molar-refractivity contribution >= 4 is 23.4 Å². The van der Waals surface area contributed by atoms with E-state index < -0.39 is 0 Å². The van der Waals surface area contributed by atoms with E-state index in [4.69, 9.17) is 21.9 Å². The fraction of sp³-hybridized carbons (Fsp3) is 0.167. The second-order valence-corrected chi connectivity index (χ2v) is 5.81. The molecule has 3 rings (SSSR count). The Morgan fingerprint density at radius 3 is 2.86 bits per heavy atom. The fourth-order valence-corrected chi connectivity index (χ4v) is 2.84. The first-order valence-corrected chi connectivity index (χ1v) is 7.33. The summed E-state index contributed by atoms with van der Waals surface area (Å²) >= 11 is 7.14. The van der Waals surface area contributed by atoms with Crippen molar-refractivity contribution in [2.45, 2.75) is 17.0 Å². The molecule has 0 atom stereocenters. The molecule has 0 radical (unpaired) electrons. The van der Waals surface area contributed by atoms with Gasteiger partial charge in [-0.05, 0) is 24.8 Å². The maximum absolute atomic E-state index is 11.8. The summed E-state index contributed by atoms with van der Waals surface area (Å²) in [5.41, 5.74) is 0.357. The lowest BCUT2D eigenvalue weighted by molar-refractivity contribution is 0.535. The summed E-state index contributed by atoms with van der Waals surface area (Å²) in [6, 6.07) is 1.75. The van der Waals surface area contributed by atoms with Gasteiger partial charge in [0.25, 0.3) is 5.56 Å². The van der Waals surface area contributed by atoms with E-state index in [9.17, 15) is 4.79 Å². The van der Waals surface area contributed by atoms with E-state index in [1.54, 1.807) is 19.3 Å². The highest BCUT2D eigenvalue weighted by Gasteiger charge is 2.18. The average molecular weight is 339 g/mol. The van der Waals surface area contributed by atoms with Gasteiger partial charge in [-0.15, -0.1) is 10.2 Å². The minimum absolute atomic E-state index is 0.0616. The summed E-state index contributed by atoms with van der Waals surface area (Å²) in [6.45, 7) is 1.80. The van der Waals surface area contributed by atoms with Gasteiger partial charge in [-0.1, -0.05) is 11.6 Å². The zero-order chi connectivity index (χ0) is 15.9. The molecule has 0 bridgehead atoms. The van der Waals surface area contributed by atoms with Crippen molar-refractivity contribution in [3.05, 3.63) is 39.7 Å². The number of rotatable bonds is 3. The summed E-state index contributed by atoms with van der Waals surface area (Å²) in [5, 5.41) is 12.4. The zero-order valence-electron chi connectivity index (χ0n) is 11.6. The first-order valence-electron chi connectivity index (χ1n) is 6.13. The lowest BCUT2D eigenvalue weighted by Crippen LogP contribution is -2.20. The van der Waals surface area contributed by atoms with Crippen LogP contribution in [0.15, 0.2) is 37.8 Å². The molecule has 3 aromatic rings. The van der Waals surface area contributed by atoms with Gasteiger partial charge in [-0.3, -0.25) is 4.79 Å². The van der Waals surface area contributed by atoms with Crippen LogP contribution in [0.2, 0.25) is 5.02 Å². The highest BCUT2D eigenvalue weighted by atomic mass is 35.5. The Morgan fingerprint density at radius 1 is 1.41 bits per heavy atom. The Balaban J connectivity index is 1.98. The number of halogens is 1. The van der Waals surface area contributed by atoms with Crippen molar-refractivity contribution in [2.24, 2.45) is 7.05 Å². The van der Waals surface area contributed by atoms with Crippen molar-refractivity contribution in [1.82, 2.24) is 24.7 Å². The van der Waals surface area contributed by atoms with Crippen LogP contribution in [-0.4, -0.2) is 24.7 Å². The molecular weight excluding hydrogens is 328 g/mol. The fourth-order valence-electron chi connectivity index (χ4n) is 1.81. The average Bonchev–Trinajstić information content (AvgIpc) is 3.06. The van der Waals surface area contributed by atoms with Gasteiger partial charge in [-0.25, -0.2) is 9.36 Å². The predicted molar refractivity (Wildman–Crippen MR) is 81.2 cm³/mol. The SMILES string of the molecule is Cc1occc1-c1nnc(Sc2cnn(C)c(=O)c2Cl)n1N. The molecule has 0 aliphatic carbocycles. The smallest absolute Gasteiger partial charge is 0.286 e. The summed E-state index contributed by atoms with van der Waals surface area (Å²) in [6.07, 6.45) is 3.03. The van der Waals surface area contributed by atoms with E-state index in [1.165, 1.54) is 17.9 Å². The topological polar surface area (TPSA) is 105 Å². The molecule has 10 heteroatoms. The van der Waals surface area contributed by atoms with Gasteiger partial charge >= 0.3 is 0 Å². The van der Waals surface area contributed by atoms with E-state index in [0.717, 1.165) is 22.0 Å². The summed E-state index contributed by atoms with van der Waals surface area (Å²) in [7, 11) is 1.52. The molecule has 3 heterocycles. The first-order chi connectivity index (χ1) is 10.5. The number of nitrogens with two attached hydrogens (primary N) is 1. The van der Waals surface area contributed by atoms with Crippen molar-refractivity contribution in [2.75, 3.05) is 5.84 Å². The maximum Gasteiger partial charge on any atom is 0.286 e. The quantitative estimate of drug-likeness (QED) is 0.721. The van der Waals surface area contributed by atoms with Gasteiger partial charge in [0.05, 0.1) is 22.9 Å². The monoisotopic (exact) mass is 338 g/mol. The second-order valence-electron chi connectivity index (χ2n) is 4.42. The highest BCUT2D eigenvalue weighted by Crippen LogP contribution is 2.31. The number of aromatic nitrogens is 5. The molecule has 3 aromatic heterocycles. The summed E-state index contributed by atoms with van der Waals surface area (Å²) < 4.78 is 7.70. The van der Waals surface area contributed by atoms with Crippen LogP contribution in [-0.2, 0) is 7.05 Å². The van der Waals surface area contributed by atoms with Gasteiger partial charge < -0.3 is 10.3 Å². The maximum atomic E-state index is 11.8. The number of nitrogens with zero attached hydrogens (tertiary/aromatic N) is 5. The van der Waals surface area contributed by atoms with Crippen LogP contribution < -0.4 is 11.4 Å². The summed E-state index contributed by atoms with van der Waals surface area (Å²) in [5.74, 6) is 7.16. The Bertz CT molecular complexity index is 899. The van der Waals surface area contributed by atoms with Crippen LogP contribution in [0, 0.1) is 6.92 Å². The molecule has 0 saturated heterocycles. The Labute approximate surface area is 133 Å². The van der Waals surface area contributed by atoms with E-state index in [1.807, 2.05) is 0 Å². The summed E-state index contributed by atoms with van der Waals surface area (Å²) in [4.78, 5) is 12.2. The van der Waals surface area contributed by atoms with Crippen LogP contribution in [0.1, 0.15) is 5.76 Å². The predicted octanol–water partition coefficient (Wildman–Crippen LogP) is 1.46. The molecule has 0 saturated carbocycles. The van der Waals surface area contributed by atoms with Crippen molar-refractivity contribution in [1.29, 1.82) is 0 Å². The second kappa shape index (κ2) is 5.50. The van der Waals surface area contributed by atoms with Crippen LogP contribution in [0.25, 0.3) is 11.4 Å². The zero-order valence-corrected chi connectivity index (χ0v) is 13.2. The number of nitrogen functional groups attached to an aromatic ring is 1. The van der Waals surface area contributed by atoms with Crippen molar-refractivity contribution < 1.29 is 4.42 Å². The third-order valence-electron chi connectivity index (χ3n) is 3.01. The standard InChI is InChI=1S/C12H11ClN6O2S/c1-6-7(3-4-21-6)10-16-17-12(19(10)14)22-8-5-15-18(2)11(20)9(8)13/h3-5H,14H2,1-2H3. The normalized spacial score (nSPS) is 11.0. The Hall–Kier alpha value is -2.26. The van der Waals surface area contributed by atoms with E-state index >= 15 is 0 Å². The minimum atomic E-state index is -0.388. The lowest BCUT2D eigenvalue weighted by atomic mass is 10.2. The third-order valence-corrected chi connectivity index (χ3v) is 4.48. The Morgan fingerprint density at radius 2 is 2.18 bits per heavy atom. The number of furan rings is 1. The van der Waals surface area contributed by atoms with E-state index in [0.29, 0.717) is 21.6 Å². The molecule has 0 aromatic carbocycles. The molecule has 0 amide bonds. The lowest BCUT2D eigenvalue weighted by Gasteiger charge is -2.05. The highest BCUT2D eigenvalue weighted by molar-refractivity contribution is 7.99. The first kappa shape index (κ1) is 14.7. The largest absolute Gasteiger partial charge is 0.469 e. The van der Waals surface area contributed by atoms with Gasteiger partial charge in [0.2, 0.25) is 5.16 Å². The van der Waals surface area contributed by atoms with Crippen LogP contribution >= 0.6 is 23.4 Å². The van der Waals surface area contributed by atoms with Gasteiger partial charge in [0.15, 0.2) is 5.82 Å². The molecule has 0 unspecified atom stereocenters.